The van der Waals surface area contributed by atoms with Crippen LogP contribution in [0.2, 0.25) is 0 Å². The molecule has 4 N–H and O–H groups in total. The summed E-state index contributed by atoms with van der Waals surface area (Å²) in [5, 5.41) is 33.7. The van der Waals surface area contributed by atoms with Gasteiger partial charge < -0.3 is 20.6 Å². The molecule has 1 saturated carbocycles. The SMILES string of the molecule is CC(C)[C@@H]1CC[C@@H](C)C[C@@]1(O)C(=O)NCC(O)c1ccccc1O. The quantitative estimate of drug-likeness (QED) is 0.665. The van der Waals surface area contributed by atoms with Gasteiger partial charge in [-0.3, -0.25) is 4.79 Å². The third kappa shape index (κ3) is 3.90. The van der Waals surface area contributed by atoms with Crippen molar-refractivity contribution in [2.45, 2.75) is 51.7 Å². The van der Waals surface area contributed by atoms with Gasteiger partial charge in [-0.05, 0) is 36.7 Å². The molecular formula is C19H29NO4. The second kappa shape index (κ2) is 7.53. The van der Waals surface area contributed by atoms with E-state index < -0.39 is 17.6 Å². The van der Waals surface area contributed by atoms with Crippen molar-refractivity contribution in [3.05, 3.63) is 29.8 Å². The van der Waals surface area contributed by atoms with Crippen LogP contribution >= 0.6 is 0 Å². The van der Waals surface area contributed by atoms with Crippen molar-refractivity contribution in [1.82, 2.24) is 5.32 Å². The van der Waals surface area contributed by atoms with Gasteiger partial charge in [0, 0.05) is 12.1 Å². The van der Waals surface area contributed by atoms with E-state index in [1.165, 1.54) is 6.07 Å². The first-order valence-electron chi connectivity index (χ1n) is 8.72. The van der Waals surface area contributed by atoms with Gasteiger partial charge in [0.25, 0.3) is 5.91 Å². The Morgan fingerprint density at radius 3 is 2.62 bits per heavy atom. The molecule has 0 aliphatic heterocycles. The van der Waals surface area contributed by atoms with Crippen molar-refractivity contribution in [2.75, 3.05) is 6.54 Å². The van der Waals surface area contributed by atoms with Gasteiger partial charge in [-0.1, -0.05) is 45.4 Å². The average Bonchev–Trinajstić information content (AvgIpc) is 2.52. The molecule has 1 fully saturated rings. The van der Waals surface area contributed by atoms with Crippen molar-refractivity contribution in [2.24, 2.45) is 17.8 Å². The number of rotatable bonds is 5. The number of phenols is 1. The monoisotopic (exact) mass is 335 g/mol. The topological polar surface area (TPSA) is 89.8 Å². The second-order valence-corrected chi connectivity index (χ2v) is 7.45. The van der Waals surface area contributed by atoms with Gasteiger partial charge in [0.05, 0.1) is 6.10 Å². The molecule has 0 heterocycles. The lowest BCUT2D eigenvalue weighted by Crippen LogP contribution is -2.56. The van der Waals surface area contributed by atoms with Crippen LogP contribution in [0, 0.1) is 17.8 Å². The van der Waals surface area contributed by atoms with E-state index in [-0.39, 0.29) is 24.1 Å². The van der Waals surface area contributed by atoms with Crippen LogP contribution in [-0.2, 0) is 4.79 Å². The van der Waals surface area contributed by atoms with E-state index in [1.807, 2.05) is 20.8 Å². The summed E-state index contributed by atoms with van der Waals surface area (Å²) >= 11 is 0. The van der Waals surface area contributed by atoms with Crippen molar-refractivity contribution in [3.8, 4) is 5.75 Å². The summed E-state index contributed by atoms with van der Waals surface area (Å²) in [7, 11) is 0. The summed E-state index contributed by atoms with van der Waals surface area (Å²) in [4.78, 5) is 12.7. The zero-order valence-electron chi connectivity index (χ0n) is 14.7. The lowest BCUT2D eigenvalue weighted by Gasteiger charge is -2.43. The molecule has 0 spiro atoms. The van der Waals surface area contributed by atoms with Crippen LogP contribution < -0.4 is 5.32 Å². The summed E-state index contributed by atoms with van der Waals surface area (Å²) < 4.78 is 0. The molecule has 1 aromatic carbocycles. The number of carbonyl (C=O) groups excluding carboxylic acids is 1. The Balaban J connectivity index is 2.05. The Hall–Kier alpha value is -1.59. The first-order valence-corrected chi connectivity index (χ1v) is 8.72. The lowest BCUT2D eigenvalue weighted by molar-refractivity contribution is -0.156. The first kappa shape index (κ1) is 18.7. The number of aliphatic hydroxyl groups is 2. The first-order chi connectivity index (χ1) is 11.3. The minimum atomic E-state index is -1.40. The predicted octanol–water partition coefficient (Wildman–Crippen LogP) is 2.37. The van der Waals surface area contributed by atoms with E-state index in [0.29, 0.717) is 17.9 Å². The molecule has 0 saturated heterocycles. The van der Waals surface area contributed by atoms with Gasteiger partial charge in [0.15, 0.2) is 0 Å². The number of carbonyl (C=O) groups is 1. The van der Waals surface area contributed by atoms with Crippen molar-refractivity contribution >= 4 is 5.91 Å². The Kier molecular flexibility index (Phi) is 5.88. The Bertz CT molecular complexity index is 574. The molecule has 4 atom stereocenters. The molecule has 24 heavy (non-hydrogen) atoms. The highest BCUT2D eigenvalue weighted by Gasteiger charge is 2.48. The standard InChI is InChI=1S/C19H29NO4/c1-12(2)15-9-8-13(3)10-19(15,24)18(23)20-11-17(22)14-6-4-5-7-16(14)21/h4-7,12-13,15,17,21-22,24H,8-11H2,1-3H3,(H,20,23)/t13-,15+,17?,19+/m1/s1. The minimum Gasteiger partial charge on any atom is -0.508 e. The largest absolute Gasteiger partial charge is 0.508 e. The van der Waals surface area contributed by atoms with Crippen LogP contribution in [0.15, 0.2) is 24.3 Å². The van der Waals surface area contributed by atoms with Gasteiger partial charge in [-0.15, -0.1) is 0 Å². The third-order valence-corrected chi connectivity index (χ3v) is 5.19. The molecule has 134 valence electrons. The molecule has 0 bridgehead atoms. The highest BCUT2D eigenvalue weighted by atomic mass is 16.3. The maximum Gasteiger partial charge on any atom is 0.252 e. The number of phenolic OH excluding ortho intramolecular Hbond substituents is 1. The Morgan fingerprint density at radius 2 is 2.00 bits per heavy atom. The summed E-state index contributed by atoms with van der Waals surface area (Å²) in [6.07, 6.45) is 1.26. The van der Waals surface area contributed by atoms with Gasteiger partial charge >= 0.3 is 0 Å². The van der Waals surface area contributed by atoms with Crippen LogP contribution in [0.4, 0.5) is 0 Å². The number of benzene rings is 1. The number of aliphatic hydroxyl groups excluding tert-OH is 1. The minimum absolute atomic E-state index is 0.00990. The summed E-state index contributed by atoms with van der Waals surface area (Å²) in [5.74, 6) is -0.0299. The Labute approximate surface area is 143 Å². The number of aromatic hydroxyl groups is 1. The lowest BCUT2D eigenvalue weighted by atomic mass is 9.66. The maximum absolute atomic E-state index is 12.7. The molecule has 2 rings (SSSR count). The fraction of sp³-hybridized carbons (Fsp3) is 0.632. The van der Waals surface area contributed by atoms with Gasteiger partial charge in [-0.25, -0.2) is 0 Å². The van der Waals surface area contributed by atoms with Gasteiger partial charge in [0.1, 0.15) is 11.4 Å². The zero-order chi connectivity index (χ0) is 17.9. The van der Waals surface area contributed by atoms with Crippen molar-refractivity contribution in [3.63, 3.8) is 0 Å². The van der Waals surface area contributed by atoms with E-state index in [9.17, 15) is 20.1 Å². The highest BCUT2D eigenvalue weighted by molar-refractivity contribution is 5.85. The van der Waals surface area contributed by atoms with E-state index in [0.717, 1.165) is 12.8 Å². The van der Waals surface area contributed by atoms with Crippen LogP contribution in [0.3, 0.4) is 0 Å². The normalized spacial score (nSPS) is 28.6. The molecule has 1 unspecified atom stereocenters. The van der Waals surface area contributed by atoms with Crippen molar-refractivity contribution < 1.29 is 20.1 Å². The smallest absolute Gasteiger partial charge is 0.252 e. The zero-order valence-corrected chi connectivity index (χ0v) is 14.7. The molecule has 1 aromatic rings. The third-order valence-electron chi connectivity index (χ3n) is 5.19. The number of hydrogen-bond donors (Lipinski definition) is 4. The van der Waals surface area contributed by atoms with Crippen LogP contribution in [0.25, 0.3) is 0 Å². The maximum atomic E-state index is 12.7. The Morgan fingerprint density at radius 1 is 1.33 bits per heavy atom. The molecule has 1 amide bonds. The van der Waals surface area contributed by atoms with Crippen LogP contribution in [0.1, 0.15) is 51.7 Å². The second-order valence-electron chi connectivity index (χ2n) is 7.45. The number of nitrogens with one attached hydrogen (secondary N) is 1. The van der Waals surface area contributed by atoms with E-state index >= 15 is 0 Å². The van der Waals surface area contributed by atoms with Crippen LogP contribution in [-0.4, -0.2) is 33.4 Å². The molecule has 0 aromatic heterocycles. The van der Waals surface area contributed by atoms with Gasteiger partial charge in [-0.2, -0.15) is 0 Å². The van der Waals surface area contributed by atoms with E-state index in [2.05, 4.69) is 5.32 Å². The number of para-hydroxylation sites is 1. The number of hydrogen-bond acceptors (Lipinski definition) is 4. The summed E-state index contributed by atoms with van der Waals surface area (Å²) in [6, 6.07) is 6.49. The number of amides is 1. The molecule has 5 heteroatoms. The van der Waals surface area contributed by atoms with Crippen LogP contribution in [0.5, 0.6) is 5.75 Å². The molecule has 1 aliphatic carbocycles. The highest BCUT2D eigenvalue weighted by Crippen LogP contribution is 2.41. The molecule has 5 nitrogen and oxygen atoms in total. The fourth-order valence-corrected chi connectivity index (χ4v) is 3.86. The molecule has 0 radical (unpaired) electrons. The van der Waals surface area contributed by atoms with E-state index in [4.69, 9.17) is 0 Å². The van der Waals surface area contributed by atoms with Crippen molar-refractivity contribution in [1.29, 1.82) is 0 Å². The van der Waals surface area contributed by atoms with Gasteiger partial charge in [0.2, 0.25) is 0 Å². The molecule has 1 aliphatic rings. The summed E-state index contributed by atoms with van der Waals surface area (Å²) in [6.45, 7) is 6.05. The van der Waals surface area contributed by atoms with E-state index in [1.54, 1.807) is 18.2 Å². The average molecular weight is 335 g/mol. The fourth-order valence-electron chi connectivity index (χ4n) is 3.86. The summed E-state index contributed by atoms with van der Waals surface area (Å²) in [5.41, 5.74) is -1.04. The predicted molar refractivity (Wildman–Crippen MR) is 92.4 cm³/mol. The molecular weight excluding hydrogens is 306 g/mol.